The number of thiazole rings is 2. The Morgan fingerprint density at radius 2 is 1.11 bits per heavy atom. The van der Waals surface area contributed by atoms with E-state index in [1.807, 2.05) is 24.3 Å². The third-order valence-corrected chi connectivity index (χ3v) is 14.1. The van der Waals surface area contributed by atoms with Gasteiger partial charge in [-0.05, 0) is 49.0 Å². The first kappa shape index (κ1) is 27.7. The molecule has 0 radical (unpaired) electrons. The Morgan fingerprint density at radius 3 is 1.70 bits per heavy atom. The number of Topliss-reactive ketones (excluding diaryl/α,β-unsaturated/α-hetero) is 4. The predicted octanol–water partition coefficient (Wildman–Crippen LogP) is 8.86. The summed E-state index contributed by atoms with van der Waals surface area (Å²) in [6, 6.07) is 14.2. The highest BCUT2D eigenvalue weighted by Crippen LogP contribution is 2.62. The Balaban J connectivity index is 1.10. The van der Waals surface area contributed by atoms with Gasteiger partial charge in [-0.25, -0.2) is 9.97 Å². The third-order valence-electron chi connectivity index (χ3n) is 9.47. The second-order valence-electron chi connectivity index (χ2n) is 12.1. The van der Waals surface area contributed by atoms with Gasteiger partial charge >= 0.3 is 0 Å². The zero-order valence-electron chi connectivity index (χ0n) is 24.4. The van der Waals surface area contributed by atoms with Gasteiger partial charge in [-0.3, -0.25) is 19.2 Å². The molecule has 0 saturated heterocycles. The van der Waals surface area contributed by atoms with Gasteiger partial charge in [0.2, 0.25) is 23.1 Å². The fourth-order valence-electron chi connectivity index (χ4n) is 7.34. The molecule has 0 amide bonds. The summed E-state index contributed by atoms with van der Waals surface area (Å²) in [5, 5.41) is 1.37. The Labute approximate surface area is 282 Å². The summed E-state index contributed by atoms with van der Waals surface area (Å²) < 4.78 is 9.15. The first-order valence-electron chi connectivity index (χ1n) is 15.3. The van der Waals surface area contributed by atoms with Crippen LogP contribution in [0, 0.1) is 0 Å². The number of nitrogens with zero attached hydrogens (tertiary/aromatic N) is 2. The molecule has 7 nitrogen and oxygen atoms in total. The zero-order chi connectivity index (χ0) is 31.6. The summed E-state index contributed by atoms with van der Waals surface area (Å²) in [6.07, 6.45) is 8.54. The minimum Gasteiger partial charge on any atom is -0.479 e. The normalized spacial score (nSPS) is 19.7. The van der Waals surface area contributed by atoms with Gasteiger partial charge in [-0.15, -0.1) is 45.3 Å². The zero-order valence-corrected chi connectivity index (χ0v) is 27.6. The minimum absolute atomic E-state index is 0.385. The highest BCUT2D eigenvalue weighted by Gasteiger charge is 2.47. The monoisotopic (exact) mass is 688 g/mol. The number of ether oxygens (including phenoxy) is 1. The van der Waals surface area contributed by atoms with E-state index in [2.05, 4.69) is 0 Å². The largest absolute Gasteiger partial charge is 0.479 e. The molecule has 47 heavy (non-hydrogen) atoms. The van der Waals surface area contributed by atoms with Crippen LogP contribution < -0.4 is 4.74 Å². The van der Waals surface area contributed by atoms with E-state index in [1.54, 1.807) is 70.4 Å². The lowest BCUT2D eigenvalue weighted by Gasteiger charge is -2.40. The SMILES string of the molecule is O=C1C(=O)c2ccccc2/C1=C/c1nc2sc3c(c2s1)OC1(CCCCC1)c1c-3sc2nc(/C=C3\C(=O)C(=O)c4ccccc43)sc12. The number of hydrogen-bond donors (Lipinski definition) is 0. The van der Waals surface area contributed by atoms with Crippen LogP contribution in [0.3, 0.4) is 0 Å². The van der Waals surface area contributed by atoms with Gasteiger partial charge in [0.05, 0.1) is 14.5 Å². The molecule has 10 rings (SSSR count). The van der Waals surface area contributed by atoms with Gasteiger partial charge < -0.3 is 4.74 Å². The van der Waals surface area contributed by atoms with Crippen molar-refractivity contribution < 1.29 is 23.9 Å². The Bertz CT molecular complexity index is 2520. The van der Waals surface area contributed by atoms with Crippen molar-refractivity contribution in [1.29, 1.82) is 0 Å². The summed E-state index contributed by atoms with van der Waals surface area (Å²) >= 11 is 6.27. The van der Waals surface area contributed by atoms with E-state index in [9.17, 15) is 19.2 Å². The van der Waals surface area contributed by atoms with Crippen LogP contribution in [-0.2, 0) is 15.2 Å². The number of thiophene rings is 2. The number of carbonyl (C=O) groups is 4. The van der Waals surface area contributed by atoms with Crippen LogP contribution in [0.1, 0.15) is 79.5 Å². The number of hydrogen-bond acceptors (Lipinski definition) is 11. The number of aromatic nitrogens is 2. The van der Waals surface area contributed by atoms with Gasteiger partial charge in [0.25, 0.3) is 0 Å². The van der Waals surface area contributed by atoms with Crippen LogP contribution >= 0.6 is 45.3 Å². The lowest BCUT2D eigenvalue weighted by Crippen LogP contribution is -2.37. The highest BCUT2D eigenvalue weighted by atomic mass is 32.1. The summed E-state index contributed by atoms with van der Waals surface area (Å²) in [7, 11) is 0. The van der Waals surface area contributed by atoms with E-state index >= 15 is 0 Å². The molecule has 4 aliphatic rings. The lowest BCUT2D eigenvalue weighted by atomic mass is 9.78. The van der Waals surface area contributed by atoms with Crippen molar-refractivity contribution in [3.63, 3.8) is 0 Å². The van der Waals surface area contributed by atoms with Crippen LogP contribution in [-0.4, -0.2) is 33.1 Å². The Hall–Kier alpha value is -4.42. The average molecular weight is 689 g/mol. The topological polar surface area (TPSA) is 103 Å². The molecule has 228 valence electrons. The second-order valence-corrected chi connectivity index (χ2v) is 16.2. The van der Waals surface area contributed by atoms with Crippen LogP contribution in [0.15, 0.2) is 48.5 Å². The van der Waals surface area contributed by atoms with E-state index in [1.165, 1.54) is 21.8 Å². The molecule has 0 unspecified atom stereocenters. The van der Waals surface area contributed by atoms with Crippen molar-refractivity contribution in [1.82, 2.24) is 9.97 Å². The molecule has 5 heterocycles. The van der Waals surface area contributed by atoms with Crippen molar-refractivity contribution in [2.45, 2.75) is 37.7 Å². The van der Waals surface area contributed by atoms with E-state index in [0.717, 1.165) is 61.8 Å². The van der Waals surface area contributed by atoms with Crippen LogP contribution in [0.4, 0.5) is 0 Å². The van der Waals surface area contributed by atoms with Gasteiger partial charge in [0.1, 0.15) is 30.0 Å². The van der Waals surface area contributed by atoms with Gasteiger partial charge in [0.15, 0.2) is 5.75 Å². The molecule has 0 N–H and O–H groups in total. The average Bonchev–Trinajstić information content (AvgIpc) is 3.91. The van der Waals surface area contributed by atoms with Crippen molar-refractivity contribution in [2.75, 3.05) is 0 Å². The van der Waals surface area contributed by atoms with Crippen LogP contribution in [0.5, 0.6) is 5.75 Å². The molecule has 1 aliphatic heterocycles. The molecule has 1 fully saturated rings. The number of allylic oxidation sites excluding steroid dienone is 2. The summed E-state index contributed by atoms with van der Waals surface area (Å²) in [6.45, 7) is 0. The number of benzene rings is 2. The summed E-state index contributed by atoms with van der Waals surface area (Å²) in [5.41, 5.74) is 3.67. The third kappa shape index (κ3) is 3.82. The van der Waals surface area contributed by atoms with Crippen molar-refractivity contribution in [2.24, 2.45) is 0 Å². The molecule has 11 heteroatoms. The van der Waals surface area contributed by atoms with Crippen molar-refractivity contribution >= 4 is 111 Å². The van der Waals surface area contributed by atoms with Gasteiger partial charge in [-0.2, -0.15) is 0 Å². The van der Waals surface area contributed by atoms with Crippen molar-refractivity contribution in [3.05, 3.63) is 86.4 Å². The standard InChI is InChI=1S/C36H20N2O5S4/c39-25-18-10-4-2-8-16(18)20(27(25)41)14-22-37-34-31(44-22)24-30(46-34)32-29(43-36(24)12-6-1-7-13-36)33-35(47-32)38-23(45-33)15-21-17-9-3-5-11-19(17)26(40)28(21)42/h2-5,8-11,14-15H,1,6-7,12-13H2/b20-14-,21-15-. The van der Waals surface area contributed by atoms with Gasteiger partial charge in [0, 0.05) is 27.8 Å². The molecular weight excluding hydrogens is 669 g/mol. The lowest BCUT2D eigenvalue weighted by molar-refractivity contribution is -0.110. The first-order chi connectivity index (χ1) is 22.9. The molecule has 4 aromatic heterocycles. The predicted molar refractivity (Wildman–Crippen MR) is 187 cm³/mol. The molecule has 2 aromatic carbocycles. The molecule has 1 spiro atoms. The smallest absolute Gasteiger partial charge is 0.234 e. The Kier molecular flexibility index (Phi) is 5.77. The number of fused-ring (bicyclic) bond motifs is 10. The maximum Gasteiger partial charge on any atom is 0.234 e. The van der Waals surface area contributed by atoms with Gasteiger partial charge in [-0.1, -0.05) is 55.0 Å². The maximum atomic E-state index is 12.9. The fraction of sp³-hybridized carbons (Fsp3) is 0.167. The molecule has 6 aromatic rings. The second kappa shape index (κ2) is 9.80. The molecular formula is C36H20N2O5S4. The number of ketones is 4. The van der Waals surface area contributed by atoms with Crippen LogP contribution in [0.25, 0.3) is 52.1 Å². The summed E-state index contributed by atoms with van der Waals surface area (Å²) in [5.74, 6) is -1.08. The molecule has 3 aliphatic carbocycles. The van der Waals surface area contributed by atoms with E-state index in [-0.39, 0.29) is 0 Å². The van der Waals surface area contributed by atoms with E-state index in [4.69, 9.17) is 14.7 Å². The molecule has 1 saturated carbocycles. The first-order valence-corrected chi connectivity index (χ1v) is 18.5. The maximum absolute atomic E-state index is 12.9. The minimum atomic E-state index is -0.497. The molecule has 0 atom stereocenters. The fourth-order valence-corrected chi connectivity index (χ4v) is 12.3. The van der Waals surface area contributed by atoms with Crippen molar-refractivity contribution in [3.8, 4) is 15.5 Å². The number of carbonyl (C=O) groups excluding carboxylic acids is 4. The van der Waals surface area contributed by atoms with E-state index < -0.39 is 28.7 Å². The summed E-state index contributed by atoms with van der Waals surface area (Å²) in [4.78, 5) is 64.8. The van der Waals surface area contributed by atoms with Crippen LogP contribution in [0.2, 0.25) is 0 Å². The Morgan fingerprint density at radius 1 is 0.596 bits per heavy atom. The number of rotatable bonds is 2. The molecule has 0 bridgehead atoms. The van der Waals surface area contributed by atoms with E-state index in [0.29, 0.717) is 43.4 Å². The highest BCUT2D eigenvalue weighted by molar-refractivity contribution is 7.34. The quantitative estimate of drug-likeness (QED) is 0.132.